The maximum atomic E-state index is 8.42. The van der Waals surface area contributed by atoms with E-state index in [0.717, 1.165) is 6.42 Å². The van der Waals surface area contributed by atoms with Crippen LogP contribution in [-0.4, -0.2) is 30.5 Å². The quantitative estimate of drug-likeness (QED) is 0.278. The lowest BCUT2D eigenvalue weighted by Gasteiger charge is -2.06. The van der Waals surface area contributed by atoms with Crippen LogP contribution >= 0.6 is 12.6 Å². The first-order valence-electron chi connectivity index (χ1n) is 2.71. The van der Waals surface area contributed by atoms with E-state index < -0.39 is 15.4 Å². The first-order valence-corrected chi connectivity index (χ1v) is 4.86. The zero-order valence-electron chi connectivity index (χ0n) is 4.91. The number of hydrogen-bond donors (Lipinski definition) is 3. The smallest absolute Gasteiger partial charge is 0.129 e. The van der Waals surface area contributed by atoms with Gasteiger partial charge >= 0.3 is 0 Å². The summed E-state index contributed by atoms with van der Waals surface area (Å²) in [5, 5.41) is 16.8. The third-order valence-corrected chi connectivity index (χ3v) is 3.49. The first-order chi connectivity index (χ1) is 3.66. The average molecular weight is 152 g/mol. The molecule has 8 heavy (non-hydrogen) atoms. The Morgan fingerprint density at radius 3 is 2.25 bits per heavy atom. The van der Waals surface area contributed by atoms with Crippen molar-refractivity contribution in [3.8, 4) is 0 Å². The fraction of sp³-hybridized carbons (Fsp3) is 1.00. The molecular weight excluding hydrogens is 140 g/mol. The van der Waals surface area contributed by atoms with Gasteiger partial charge in [-0.25, -0.2) is 0 Å². The van der Waals surface area contributed by atoms with E-state index in [1.54, 1.807) is 0 Å². The molecule has 0 heterocycles. The predicted octanol–water partition coefficient (Wildman–Crippen LogP) is -0.911. The number of hydrogen-bond acceptors (Lipinski definition) is 3. The molecule has 0 bridgehead atoms. The Kier molecular flexibility index (Phi) is 4.64. The minimum absolute atomic E-state index is 0.259. The lowest BCUT2D eigenvalue weighted by molar-refractivity contribution is 0.0288. The zero-order chi connectivity index (χ0) is 6.57. The highest BCUT2D eigenvalue weighted by atomic mass is 32.1. The van der Waals surface area contributed by atoms with Gasteiger partial charge in [0, 0.05) is 0 Å². The minimum Gasteiger partial charge on any atom is -0.373 e. The largest absolute Gasteiger partial charge is 0.373 e. The molecule has 0 radical (unpaired) electrons. The Bertz CT molecular complexity index is 60.0. The summed E-state index contributed by atoms with van der Waals surface area (Å²) in [5.41, 5.74) is 0. The van der Waals surface area contributed by atoms with Crippen LogP contribution in [0.4, 0.5) is 0 Å². The highest BCUT2D eigenvalue weighted by Crippen LogP contribution is 1.97. The lowest BCUT2D eigenvalue weighted by atomic mass is 10.6. The third kappa shape index (κ3) is 4.64. The second kappa shape index (κ2) is 4.37. The van der Waals surface area contributed by atoms with E-state index in [1.165, 1.54) is 0 Å². The molecule has 0 aromatic heterocycles. The molecule has 4 heteroatoms. The van der Waals surface area contributed by atoms with Gasteiger partial charge in [-0.2, -0.15) is 12.6 Å². The fourth-order valence-corrected chi connectivity index (χ4v) is 1.80. The monoisotopic (exact) mass is 152 g/mol. The van der Waals surface area contributed by atoms with Crippen LogP contribution in [0.1, 0.15) is 13.3 Å². The van der Waals surface area contributed by atoms with E-state index in [0.29, 0.717) is 0 Å². The number of aliphatic hydroxyl groups excluding tert-OH is 1. The van der Waals surface area contributed by atoms with Crippen LogP contribution in [0.15, 0.2) is 0 Å². The Labute approximate surface area is 57.2 Å². The Balaban J connectivity index is 3.10. The highest BCUT2D eigenvalue weighted by Gasteiger charge is 2.05. The van der Waals surface area contributed by atoms with Gasteiger partial charge in [-0.1, -0.05) is 6.92 Å². The lowest BCUT2D eigenvalue weighted by Crippen LogP contribution is -2.23. The van der Waals surface area contributed by atoms with Crippen LogP contribution in [-0.2, 0) is 0 Å². The molecule has 1 unspecified atom stereocenters. The summed E-state index contributed by atoms with van der Waals surface area (Å²) in [7, 11) is -0.754. The number of aliphatic hydroxyl groups is 2. The molecule has 2 nitrogen and oxygen atoms in total. The van der Waals surface area contributed by atoms with E-state index in [9.17, 15) is 0 Å². The molecule has 0 spiro atoms. The summed E-state index contributed by atoms with van der Waals surface area (Å²) in [6, 6.07) is 0. The van der Waals surface area contributed by atoms with Gasteiger partial charge in [-0.05, 0) is 11.3 Å². The van der Waals surface area contributed by atoms with Crippen molar-refractivity contribution in [2.45, 2.75) is 24.1 Å². The van der Waals surface area contributed by atoms with Gasteiger partial charge in [0.15, 0.2) is 0 Å². The van der Waals surface area contributed by atoms with Crippen LogP contribution in [0, 0.1) is 0 Å². The SMILES string of the molecule is CCC(S)[SiH2]C(O)O. The summed E-state index contributed by atoms with van der Waals surface area (Å²) in [6.45, 7) is 1.99. The highest BCUT2D eigenvalue weighted by molar-refractivity contribution is 7.82. The van der Waals surface area contributed by atoms with Crippen molar-refractivity contribution in [3.63, 3.8) is 0 Å². The Morgan fingerprint density at radius 1 is 1.62 bits per heavy atom. The van der Waals surface area contributed by atoms with Crippen molar-refractivity contribution < 1.29 is 10.2 Å². The van der Waals surface area contributed by atoms with E-state index in [1.807, 2.05) is 6.92 Å². The molecule has 50 valence electrons. The molecule has 0 aromatic carbocycles. The van der Waals surface area contributed by atoms with Crippen molar-refractivity contribution >= 4 is 22.1 Å². The Hall–Kier alpha value is 0.487. The maximum absolute atomic E-state index is 8.42. The minimum atomic E-state index is -1.06. The fourth-order valence-electron chi connectivity index (χ4n) is 0.410. The molecule has 0 amide bonds. The molecule has 0 saturated heterocycles. The van der Waals surface area contributed by atoms with Gasteiger partial charge in [0.25, 0.3) is 0 Å². The van der Waals surface area contributed by atoms with Gasteiger partial charge in [-0.15, -0.1) is 0 Å². The van der Waals surface area contributed by atoms with Crippen molar-refractivity contribution in [1.29, 1.82) is 0 Å². The van der Waals surface area contributed by atoms with Gasteiger partial charge in [0.1, 0.15) is 15.4 Å². The topological polar surface area (TPSA) is 40.5 Å². The normalized spacial score (nSPS) is 16.1. The zero-order valence-corrected chi connectivity index (χ0v) is 7.22. The van der Waals surface area contributed by atoms with Crippen LogP contribution in [0.2, 0.25) is 0 Å². The van der Waals surface area contributed by atoms with Gasteiger partial charge in [0.2, 0.25) is 0 Å². The predicted molar refractivity (Wildman–Crippen MR) is 39.8 cm³/mol. The van der Waals surface area contributed by atoms with Crippen molar-refractivity contribution in [1.82, 2.24) is 0 Å². The van der Waals surface area contributed by atoms with E-state index in [4.69, 9.17) is 10.2 Å². The summed E-state index contributed by atoms with van der Waals surface area (Å²) in [5.74, 6) is -1.06. The molecule has 0 aliphatic carbocycles. The van der Waals surface area contributed by atoms with Crippen LogP contribution in [0.3, 0.4) is 0 Å². The van der Waals surface area contributed by atoms with Crippen molar-refractivity contribution in [2.75, 3.05) is 0 Å². The molecule has 0 aliphatic heterocycles. The van der Waals surface area contributed by atoms with Crippen molar-refractivity contribution in [2.24, 2.45) is 0 Å². The van der Waals surface area contributed by atoms with Gasteiger partial charge < -0.3 is 10.2 Å². The average Bonchev–Trinajstić information content (AvgIpc) is 1.65. The molecule has 2 N–H and O–H groups in total. The van der Waals surface area contributed by atoms with E-state index >= 15 is 0 Å². The van der Waals surface area contributed by atoms with Crippen LogP contribution in [0.25, 0.3) is 0 Å². The molecule has 1 atom stereocenters. The second-order valence-corrected chi connectivity index (χ2v) is 5.38. The number of rotatable bonds is 3. The van der Waals surface area contributed by atoms with Gasteiger partial charge in [0.05, 0.1) is 0 Å². The van der Waals surface area contributed by atoms with E-state index in [2.05, 4.69) is 12.6 Å². The summed E-state index contributed by atoms with van der Waals surface area (Å²) >= 11 is 4.11. The molecule has 0 rings (SSSR count). The number of thiol groups is 1. The summed E-state index contributed by atoms with van der Waals surface area (Å²) < 4.78 is 0. The second-order valence-electron chi connectivity index (χ2n) is 1.78. The molecule has 0 aromatic rings. The Morgan fingerprint density at radius 2 is 2.12 bits per heavy atom. The summed E-state index contributed by atoms with van der Waals surface area (Å²) in [6.07, 6.45) is 0.937. The molecular formula is C4H12O2SSi. The van der Waals surface area contributed by atoms with E-state index in [-0.39, 0.29) is 4.87 Å². The molecule has 0 aliphatic rings. The maximum Gasteiger partial charge on any atom is 0.129 e. The van der Waals surface area contributed by atoms with Crippen LogP contribution in [0.5, 0.6) is 0 Å². The summed E-state index contributed by atoms with van der Waals surface area (Å²) in [4.78, 5) is 0.259. The third-order valence-electron chi connectivity index (χ3n) is 0.954. The first kappa shape index (κ1) is 8.49. The molecule has 0 saturated carbocycles. The van der Waals surface area contributed by atoms with Gasteiger partial charge in [-0.3, -0.25) is 0 Å². The van der Waals surface area contributed by atoms with Crippen LogP contribution < -0.4 is 0 Å². The van der Waals surface area contributed by atoms with Crippen molar-refractivity contribution in [3.05, 3.63) is 0 Å². The standard InChI is InChI=1S/C4H12O2SSi/c1-2-3(7)8-4(5)6/h3-7H,2,8H2,1H3. The molecule has 0 fully saturated rings.